The van der Waals surface area contributed by atoms with Crippen LogP contribution in [-0.4, -0.2) is 45.4 Å². The fourth-order valence-corrected chi connectivity index (χ4v) is 5.67. The molecule has 0 spiro atoms. The minimum Gasteiger partial charge on any atom is -0.455 e. The van der Waals surface area contributed by atoms with E-state index in [0.717, 1.165) is 26.1 Å². The number of anilines is 1. The number of piperidine rings is 1. The van der Waals surface area contributed by atoms with Crippen LogP contribution < -0.4 is 14.8 Å². The number of amides is 1. The number of sulfonamides is 1. The SMILES string of the molecule is O=C(NCCCN1CCCCC1)c1cccc(S(=O)(=O)Nc2ccccc2)c1Oc1ccc(Cl)c(Cl)c1. The third-order valence-electron chi connectivity index (χ3n) is 6.04. The first-order valence-corrected chi connectivity index (χ1v) is 14.4. The summed E-state index contributed by atoms with van der Waals surface area (Å²) in [7, 11) is -4.10. The van der Waals surface area contributed by atoms with E-state index in [0.29, 0.717) is 17.3 Å². The first kappa shape index (κ1) is 27.3. The van der Waals surface area contributed by atoms with Crippen LogP contribution in [0.2, 0.25) is 10.0 Å². The van der Waals surface area contributed by atoms with Crippen LogP contribution in [0.15, 0.2) is 71.6 Å². The molecule has 0 radical (unpaired) electrons. The Morgan fingerprint density at radius 1 is 0.919 bits per heavy atom. The predicted octanol–water partition coefficient (Wildman–Crippen LogP) is 6.19. The lowest BCUT2D eigenvalue weighted by molar-refractivity contribution is 0.0948. The van der Waals surface area contributed by atoms with E-state index in [9.17, 15) is 13.2 Å². The van der Waals surface area contributed by atoms with Crippen molar-refractivity contribution in [3.63, 3.8) is 0 Å². The molecule has 0 unspecified atom stereocenters. The molecule has 1 heterocycles. The van der Waals surface area contributed by atoms with E-state index in [4.69, 9.17) is 27.9 Å². The average molecular weight is 563 g/mol. The molecule has 0 saturated carbocycles. The first-order chi connectivity index (χ1) is 17.8. The van der Waals surface area contributed by atoms with Crippen LogP contribution in [0, 0.1) is 0 Å². The minimum absolute atomic E-state index is 0.0972. The van der Waals surface area contributed by atoms with E-state index in [1.165, 1.54) is 43.5 Å². The lowest BCUT2D eigenvalue weighted by Crippen LogP contribution is -2.33. The highest BCUT2D eigenvalue weighted by Gasteiger charge is 2.26. The van der Waals surface area contributed by atoms with Crippen LogP contribution in [0.4, 0.5) is 5.69 Å². The lowest BCUT2D eigenvalue weighted by Gasteiger charge is -2.26. The maximum atomic E-state index is 13.4. The van der Waals surface area contributed by atoms with Crippen LogP contribution in [-0.2, 0) is 10.0 Å². The molecule has 3 aromatic rings. The number of para-hydroxylation sites is 2. The van der Waals surface area contributed by atoms with E-state index in [2.05, 4.69) is 14.9 Å². The van der Waals surface area contributed by atoms with Crippen molar-refractivity contribution in [3.05, 3.63) is 82.3 Å². The summed E-state index contributed by atoms with van der Waals surface area (Å²) in [4.78, 5) is 15.4. The number of nitrogens with zero attached hydrogens (tertiary/aromatic N) is 1. The number of likely N-dealkylation sites (tertiary alicyclic amines) is 1. The molecule has 7 nitrogen and oxygen atoms in total. The maximum absolute atomic E-state index is 13.4. The monoisotopic (exact) mass is 561 g/mol. The van der Waals surface area contributed by atoms with Crippen LogP contribution in [0.1, 0.15) is 36.0 Å². The summed E-state index contributed by atoms with van der Waals surface area (Å²) >= 11 is 12.2. The Morgan fingerprint density at radius 3 is 2.41 bits per heavy atom. The largest absolute Gasteiger partial charge is 0.455 e. The topological polar surface area (TPSA) is 87.7 Å². The van der Waals surface area contributed by atoms with Crippen LogP contribution in [0.25, 0.3) is 0 Å². The summed E-state index contributed by atoms with van der Waals surface area (Å²) in [6, 6.07) is 17.5. The molecule has 1 aliphatic heterocycles. The molecule has 0 aromatic heterocycles. The Morgan fingerprint density at radius 2 is 1.68 bits per heavy atom. The summed E-state index contributed by atoms with van der Waals surface area (Å²) in [5.74, 6) is -0.278. The van der Waals surface area contributed by atoms with Gasteiger partial charge in [0.05, 0.1) is 15.6 Å². The van der Waals surface area contributed by atoms with Crippen LogP contribution in [0.3, 0.4) is 0 Å². The minimum atomic E-state index is -4.10. The summed E-state index contributed by atoms with van der Waals surface area (Å²) in [5, 5.41) is 3.47. The molecule has 3 aromatic carbocycles. The molecule has 196 valence electrons. The van der Waals surface area contributed by atoms with Crippen LogP contribution in [0.5, 0.6) is 11.5 Å². The zero-order valence-electron chi connectivity index (χ0n) is 20.3. The van der Waals surface area contributed by atoms with Crippen molar-refractivity contribution < 1.29 is 17.9 Å². The van der Waals surface area contributed by atoms with Crippen molar-refractivity contribution in [2.24, 2.45) is 0 Å². The van der Waals surface area contributed by atoms with E-state index >= 15 is 0 Å². The van der Waals surface area contributed by atoms with Gasteiger partial charge in [-0.2, -0.15) is 0 Å². The molecule has 4 rings (SSSR count). The molecule has 10 heteroatoms. The molecule has 1 saturated heterocycles. The van der Waals surface area contributed by atoms with E-state index in [-0.39, 0.29) is 27.0 Å². The number of hydrogen-bond acceptors (Lipinski definition) is 5. The van der Waals surface area contributed by atoms with Crippen LogP contribution >= 0.6 is 23.2 Å². The molecule has 1 aliphatic rings. The Bertz CT molecular complexity index is 1330. The number of halogens is 2. The van der Waals surface area contributed by atoms with Gasteiger partial charge in [-0.25, -0.2) is 8.42 Å². The predicted molar refractivity (Wildman–Crippen MR) is 147 cm³/mol. The van der Waals surface area contributed by atoms with Crippen molar-refractivity contribution in [3.8, 4) is 11.5 Å². The zero-order chi connectivity index (χ0) is 26.3. The number of ether oxygens (including phenoxy) is 1. The van der Waals surface area contributed by atoms with Gasteiger partial charge >= 0.3 is 0 Å². The molecule has 0 bridgehead atoms. The molecule has 0 atom stereocenters. The fourth-order valence-electron chi connectivity index (χ4n) is 4.17. The van der Waals surface area contributed by atoms with Crippen molar-refractivity contribution in [2.45, 2.75) is 30.6 Å². The summed E-state index contributed by atoms with van der Waals surface area (Å²) in [6.45, 7) is 3.54. The van der Waals surface area contributed by atoms with Crippen molar-refractivity contribution in [2.75, 3.05) is 30.9 Å². The van der Waals surface area contributed by atoms with Gasteiger partial charge in [0.25, 0.3) is 15.9 Å². The van der Waals surface area contributed by atoms with E-state index in [1.807, 2.05) is 0 Å². The Hall–Kier alpha value is -2.78. The molecular weight excluding hydrogens is 533 g/mol. The van der Waals surface area contributed by atoms with E-state index in [1.54, 1.807) is 42.5 Å². The molecule has 0 aliphatic carbocycles. The second-order valence-corrected chi connectivity index (χ2v) is 11.3. The second-order valence-electron chi connectivity index (χ2n) is 8.79. The van der Waals surface area contributed by atoms with Gasteiger partial charge in [0.2, 0.25) is 0 Å². The van der Waals surface area contributed by atoms with Crippen molar-refractivity contribution in [1.29, 1.82) is 0 Å². The van der Waals surface area contributed by atoms with Gasteiger partial charge in [-0.15, -0.1) is 0 Å². The molecule has 37 heavy (non-hydrogen) atoms. The Kier molecular flexibility index (Phi) is 9.32. The number of benzene rings is 3. The highest BCUT2D eigenvalue weighted by molar-refractivity contribution is 7.92. The summed E-state index contributed by atoms with van der Waals surface area (Å²) < 4.78 is 35.3. The normalized spacial score (nSPS) is 14.2. The maximum Gasteiger partial charge on any atom is 0.265 e. The highest BCUT2D eigenvalue weighted by atomic mass is 35.5. The third kappa shape index (κ3) is 7.38. The zero-order valence-corrected chi connectivity index (χ0v) is 22.6. The van der Waals surface area contributed by atoms with Gasteiger partial charge in [0.15, 0.2) is 5.75 Å². The smallest absolute Gasteiger partial charge is 0.265 e. The molecule has 1 fully saturated rings. The number of carbonyl (C=O) groups is 1. The third-order valence-corrected chi connectivity index (χ3v) is 8.18. The Labute approximate surface area is 227 Å². The van der Waals surface area contributed by atoms with Crippen molar-refractivity contribution in [1.82, 2.24) is 10.2 Å². The molecule has 2 N–H and O–H groups in total. The number of nitrogens with one attached hydrogen (secondary N) is 2. The van der Waals surface area contributed by atoms with Gasteiger partial charge < -0.3 is 15.0 Å². The number of hydrogen-bond donors (Lipinski definition) is 2. The van der Waals surface area contributed by atoms with E-state index < -0.39 is 15.9 Å². The summed E-state index contributed by atoms with van der Waals surface area (Å²) in [5.41, 5.74) is 0.482. The average Bonchev–Trinajstić information content (AvgIpc) is 2.89. The molecular formula is C27H29Cl2N3O4S. The number of rotatable bonds is 10. The second kappa shape index (κ2) is 12.6. The quantitative estimate of drug-likeness (QED) is 0.288. The van der Waals surface area contributed by atoms with Gasteiger partial charge in [0, 0.05) is 18.3 Å². The van der Waals surface area contributed by atoms with Gasteiger partial charge in [-0.05, 0) is 75.3 Å². The summed E-state index contributed by atoms with van der Waals surface area (Å²) in [6.07, 6.45) is 4.48. The first-order valence-electron chi connectivity index (χ1n) is 12.2. The number of carbonyl (C=O) groups excluding carboxylic acids is 1. The molecule has 1 amide bonds. The Balaban J connectivity index is 1.59. The van der Waals surface area contributed by atoms with Gasteiger partial charge in [-0.3, -0.25) is 9.52 Å². The fraction of sp³-hybridized carbons (Fsp3) is 0.296. The highest BCUT2D eigenvalue weighted by Crippen LogP contribution is 2.36. The van der Waals surface area contributed by atoms with Gasteiger partial charge in [0.1, 0.15) is 10.6 Å². The van der Waals surface area contributed by atoms with Gasteiger partial charge in [-0.1, -0.05) is 53.9 Å². The van der Waals surface area contributed by atoms with Crippen molar-refractivity contribution >= 4 is 44.8 Å². The lowest BCUT2D eigenvalue weighted by atomic mass is 10.1. The standard InChI is InChI=1S/C27H29Cl2N3O4S/c28-23-14-13-21(19-24(23)29)36-26-22(27(33)30-15-8-18-32-16-5-2-6-17-32)11-7-12-25(26)37(34,35)31-20-9-3-1-4-10-20/h1,3-4,7,9-14,19,31H,2,5-6,8,15-18H2,(H,30,33).